The minimum absolute atomic E-state index is 0.0454. The molecule has 1 aromatic heterocycles. The number of carbonyl (C=O) groups is 3. The number of amides is 3. The molecule has 1 N–H and O–H groups in total. The quantitative estimate of drug-likeness (QED) is 0.824. The van der Waals surface area contributed by atoms with Gasteiger partial charge in [0.2, 0.25) is 11.8 Å². The van der Waals surface area contributed by atoms with Crippen LogP contribution in [0.25, 0.3) is 0 Å². The summed E-state index contributed by atoms with van der Waals surface area (Å²) in [5.74, 6) is -0.403. The number of nitrogens with zero attached hydrogens (tertiary/aromatic N) is 4. The summed E-state index contributed by atoms with van der Waals surface area (Å²) in [5, 5.41) is 2.87. The molecule has 152 valence electrons. The van der Waals surface area contributed by atoms with Gasteiger partial charge in [0, 0.05) is 45.5 Å². The van der Waals surface area contributed by atoms with E-state index in [0.717, 1.165) is 11.1 Å². The van der Waals surface area contributed by atoms with E-state index in [1.165, 1.54) is 25.5 Å². The van der Waals surface area contributed by atoms with Crippen LogP contribution in [0.5, 0.6) is 0 Å². The third kappa shape index (κ3) is 5.37. The van der Waals surface area contributed by atoms with Crippen molar-refractivity contribution in [3.05, 3.63) is 59.7 Å². The second kappa shape index (κ2) is 9.27. The molecular formula is C21H25N5O3. The lowest BCUT2D eigenvalue weighted by Gasteiger charge is -2.35. The van der Waals surface area contributed by atoms with E-state index in [1.807, 2.05) is 31.2 Å². The molecule has 1 unspecified atom stereocenters. The van der Waals surface area contributed by atoms with Gasteiger partial charge in [-0.1, -0.05) is 29.8 Å². The number of nitrogens with one attached hydrogen (secondary N) is 1. The summed E-state index contributed by atoms with van der Waals surface area (Å²) in [6.45, 7) is 5.22. The average molecular weight is 395 g/mol. The zero-order valence-corrected chi connectivity index (χ0v) is 16.7. The van der Waals surface area contributed by atoms with Crippen molar-refractivity contribution in [2.75, 3.05) is 26.2 Å². The van der Waals surface area contributed by atoms with Crippen molar-refractivity contribution in [1.29, 1.82) is 0 Å². The second-order valence-electron chi connectivity index (χ2n) is 7.13. The lowest BCUT2D eigenvalue weighted by molar-refractivity contribution is -0.133. The highest BCUT2D eigenvalue weighted by atomic mass is 16.2. The molecule has 0 bridgehead atoms. The third-order valence-electron chi connectivity index (χ3n) is 4.94. The summed E-state index contributed by atoms with van der Waals surface area (Å²) >= 11 is 0. The molecule has 1 aromatic carbocycles. The zero-order chi connectivity index (χ0) is 20.8. The SMILES string of the molecule is CC(=O)NC(CC(=O)N1CCN(C(=O)c2cnccn2)CC1)c1ccc(C)cc1. The Morgan fingerprint density at radius 1 is 1.03 bits per heavy atom. The predicted molar refractivity (Wildman–Crippen MR) is 107 cm³/mol. The van der Waals surface area contributed by atoms with Crippen LogP contribution >= 0.6 is 0 Å². The molecule has 2 heterocycles. The number of hydrogen-bond acceptors (Lipinski definition) is 5. The van der Waals surface area contributed by atoms with Gasteiger partial charge in [-0.2, -0.15) is 0 Å². The van der Waals surface area contributed by atoms with Crippen LogP contribution in [-0.2, 0) is 9.59 Å². The maximum Gasteiger partial charge on any atom is 0.274 e. The lowest BCUT2D eigenvalue weighted by Crippen LogP contribution is -2.51. The maximum atomic E-state index is 12.8. The first kappa shape index (κ1) is 20.4. The van der Waals surface area contributed by atoms with Crippen molar-refractivity contribution < 1.29 is 14.4 Å². The third-order valence-corrected chi connectivity index (χ3v) is 4.94. The highest BCUT2D eigenvalue weighted by Gasteiger charge is 2.27. The Labute approximate surface area is 169 Å². The molecule has 3 amide bonds. The van der Waals surface area contributed by atoms with Gasteiger partial charge in [-0.3, -0.25) is 19.4 Å². The molecule has 1 fully saturated rings. The van der Waals surface area contributed by atoms with Gasteiger partial charge >= 0.3 is 0 Å². The van der Waals surface area contributed by atoms with Gasteiger partial charge in [-0.15, -0.1) is 0 Å². The van der Waals surface area contributed by atoms with E-state index in [-0.39, 0.29) is 30.2 Å². The van der Waals surface area contributed by atoms with Gasteiger partial charge in [0.25, 0.3) is 5.91 Å². The molecule has 1 atom stereocenters. The molecule has 8 heteroatoms. The Morgan fingerprint density at radius 2 is 1.69 bits per heavy atom. The normalized spacial score (nSPS) is 15.0. The van der Waals surface area contributed by atoms with Crippen LogP contribution in [-0.4, -0.2) is 63.7 Å². The first-order valence-electron chi connectivity index (χ1n) is 9.61. The van der Waals surface area contributed by atoms with Crippen molar-refractivity contribution >= 4 is 17.7 Å². The van der Waals surface area contributed by atoms with Gasteiger partial charge in [-0.05, 0) is 12.5 Å². The molecule has 0 radical (unpaired) electrons. The van der Waals surface area contributed by atoms with Crippen molar-refractivity contribution in [3.63, 3.8) is 0 Å². The second-order valence-corrected chi connectivity index (χ2v) is 7.13. The Bertz CT molecular complexity index is 862. The van der Waals surface area contributed by atoms with Crippen LogP contribution in [0, 0.1) is 6.92 Å². The first-order valence-corrected chi connectivity index (χ1v) is 9.61. The van der Waals surface area contributed by atoms with Gasteiger partial charge < -0.3 is 15.1 Å². The maximum absolute atomic E-state index is 12.8. The van der Waals surface area contributed by atoms with Gasteiger partial charge in [0.15, 0.2) is 0 Å². The predicted octanol–water partition coefficient (Wildman–Crippen LogP) is 1.34. The van der Waals surface area contributed by atoms with Crippen LogP contribution < -0.4 is 5.32 Å². The Balaban J connectivity index is 1.59. The highest BCUT2D eigenvalue weighted by Crippen LogP contribution is 2.19. The van der Waals surface area contributed by atoms with E-state index in [1.54, 1.807) is 9.80 Å². The van der Waals surface area contributed by atoms with Gasteiger partial charge in [-0.25, -0.2) is 4.98 Å². The fourth-order valence-electron chi connectivity index (χ4n) is 3.33. The van der Waals surface area contributed by atoms with E-state index in [0.29, 0.717) is 31.9 Å². The van der Waals surface area contributed by atoms with Gasteiger partial charge in [0.05, 0.1) is 18.7 Å². The van der Waals surface area contributed by atoms with Crippen molar-refractivity contribution in [1.82, 2.24) is 25.1 Å². The van der Waals surface area contributed by atoms with Crippen LogP contribution in [0.4, 0.5) is 0 Å². The fraction of sp³-hybridized carbons (Fsp3) is 0.381. The molecule has 2 aromatic rings. The summed E-state index contributed by atoms with van der Waals surface area (Å²) in [5.41, 5.74) is 2.32. The largest absolute Gasteiger partial charge is 0.349 e. The number of aryl methyl sites for hydroxylation is 1. The van der Waals surface area contributed by atoms with Crippen molar-refractivity contribution in [2.24, 2.45) is 0 Å². The van der Waals surface area contributed by atoms with E-state index in [2.05, 4.69) is 15.3 Å². The van der Waals surface area contributed by atoms with Crippen molar-refractivity contribution in [3.8, 4) is 0 Å². The summed E-state index contributed by atoms with van der Waals surface area (Å²) in [7, 11) is 0. The number of piperazine rings is 1. The minimum Gasteiger partial charge on any atom is -0.349 e. The summed E-state index contributed by atoms with van der Waals surface area (Å²) in [6.07, 6.45) is 4.63. The topological polar surface area (TPSA) is 95.5 Å². The van der Waals surface area contributed by atoms with Crippen LogP contribution in [0.2, 0.25) is 0 Å². The van der Waals surface area contributed by atoms with Crippen LogP contribution in [0.15, 0.2) is 42.9 Å². The fourth-order valence-corrected chi connectivity index (χ4v) is 3.33. The highest BCUT2D eigenvalue weighted by molar-refractivity contribution is 5.92. The van der Waals surface area contributed by atoms with Gasteiger partial charge in [0.1, 0.15) is 5.69 Å². The molecule has 3 rings (SSSR count). The average Bonchev–Trinajstić information content (AvgIpc) is 2.73. The Hall–Kier alpha value is -3.29. The molecule has 1 saturated heterocycles. The van der Waals surface area contributed by atoms with E-state index >= 15 is 0 Å². The van der Waals surface area contributed by atoms with Crippen LogP contribution in [0.1, 0.15) is 41.0 Å². The molecule has 1 aliphatic heterocycles. The standard InChI is InChI=1S/C21H25N5O3/c1-15-3-5-17(6-4-15)18(24-16(2)27)13-20(28)25-9-11-26(12-10-25)21(29)19-14-22-7-8-23-19/h3-8,14,18H,9-13H2,1-2H3,(H,24,27). The van der Waals surface area contributed by atoms with Crippen molar-refractivity contribution in [2.45, 2.75) is 26.3 Å². The Morgan fingerprint density at radius 3 is 2.28 bits per heavy atom. The minimum atomic E-state index is -0.375. The van der Waals surface area contributed by atoms with Crippen LogP contribution in [0.3, 0.4) is 0 Å². The van der Waals surface area contributed by atoms with E-state index in [4.69, 9.17) is 0 Å². The molecule has 0 aliphatic carbocycles. The molecule has 0 saturated carbocycles. The molecule has 29 heavy (non-hydrogen) atoms. The lowest BCUT2D eigenvalue weighted by atomic mass is 10.0. The van der Waals surface area contributed by atoms with E-state index < -0.39 is 0 Å². The molecular weight excluding hydrogens is 370 g/mol. The Kier molecular flexibility index (Phi) is 6.54. The number of carbonyl (C=O) groups excluding carboxylic acids is 3. The smallest absolute Gasteiger partial charge is 0.274 e. The zero-order valence-electron chi connectivity index (χ0n) is 16.7. The monoisotopic (exact) mass is 395 g/mol. The number of hydrogen-bond donors (Lipinski definition) is 1. The molecule has 1 aliphatic rings. The molecule has 8 nitrogen and oxygen atoms in total. The summed E-state index contributed by atoms with van der Waals surface area (Å²) in [4.78, 5) is 48.3. The van der Waals surface area contributed by atoms with E-state index in [9.17, 15) is 14.4 Å². The summed E-state index contributed by atoms with van der Waals surface area (Å²) < 4.78 is 0. The number of aromatic nitrogens is 2. The number of rotatable bonds is 5. The molecule has 0 spiro atoms. The summed E-state index contributed by atoms with van der Waals surface area (Å²) in [6, 6.07) is 7.41. The number of benzene rings is 1. The first-order chi connectivity index (χ1) is 13.9.